The van der Waals surface area contributed by atoms with E-state index in [4.69, 9.17) is 5.73 Å². The highest BCUT2D eigenvalue weighted by Crippen LogP contribution is 2.27. The van der Waals surface area contributed by atoms with Crippen molar-refractivity contribution in [3.05, 3.63) is 41.2 Å². The lowest BCUT2D eigenvalue weighted by Crippen LogP contribution is -2.24. The molecule has 7 heteroatoms. The second kappa shape index (κ2) is 7.57. The molecule has 22 heavy (non-hydrogen) atoms. The lowest BCUT2D eigenvalue weighted by molar-refractivity contribution is 0.678. The van der Waals surface area contributed by atoms with E-state index in [1.54, 1.807) is 10.9 Å². The summed E-state index contributed by atoms with van der Waals surface area (Å²) in [5, 5.41) is 10.9. The van der Waals surface area contributed by atoms with E-state index in [1.807, 2.05) is 7.05 Å². The first-order chi connectivity index (χ1) is 10.2. The van der Waals surface area contributed by atoms with E-state index in [1.165, 1.54) is 24.0 Å². The third kappa shape index (κ3) is 3.76. The Labute approximate surface area is 147 Å². The topological polar surface area (TPSA) is 81.1 Å². The van der Waals surface area contributed by atoms with Gasteiger partial charge in [-0.3, -0.25) is 4.68 Å². The number of aromatic nitrogens is 3. The summed E-state index contributed by atoms with van der Waals surface area (Å²) >= 11 is 0. The van der Waals surface area contributed by atoms with Gasteiger partial charge in [0.2, 0.25) is 0 Å². The Bertz CT molecular complexity index is 664. The lowest BCUT2D eigenvalue weighted by Gasteiger charge is -2.19. The zero-order valence-electron chi connectivity index (χ0n) is 12.6. The van der Waals surface area contributed by atoms with Gasteiger partial charge in [-0.1, -0.05) is 17.3 Å². The number of nitrogens with two attached hydrogens (primary N) is 1. The SMILES string of the molecule is Cn1nncc1CN=C(N)Nc1cccc2c1CCCC2.I. The van der Waals surface area contributed by atoms with Gasteiger partial charge >= 0.3 is 0 Å². The smallest absolute Gasteiger partial charge is 0.193 e. The van der Waals surface area contributed by atoms with Crippen LogP contribution in [-0.4, -0.2) is 21.0 Å². The van der Waals surface area contributed by atoms with Gasteiger partial charge in [-0.25, -0.2) is 4.99 Å². The Hall–Kier alpha value is -1.64. The van der Waals surface area contributed by atoms with Crippen molar-refractivity contribution in [3.63, 3.8) is 0 Å². The van der Waals surface area contributed by atoms with Crippen molar-refractivity contribution in [2.45, 2.75) is 32.2 Å². The molecule has 0 bridgehead atoms. The Balaban J connectivity index is 0.00000176. The number of benzene rings is 1. The van der Waals surface area contributed by atoms with Crippen LogP contribution in [0.25, 0.3) is 0 Å². The maximum atomic E-state index is 5.99. The zero-order chi connectivity index (χ0) is 14.7. The van der Waals surface area contributed by atoms with Gasteiger partial charge in [-0.05, 0) is 42.9 Å². The highest BCUT2D eigenvalue weighted by molar-refractivity contribution is 14.0. The zero-order valence-corrected chi connectivity index (χ0v) is 14.9. The minimum absolute atomic E-state index is 0. The second-order valence-corrected chi connectivity index (χ2v) is 5.33. The first-order valence-electron chi connectivity index (χ1n) is 7.25. The summed E-state index contributed by atoms with van der Waals surface area (Å²) in [5.41, 5.74) is 10.8. The van der Waals surface area contributed by atoms with Crippen molar-refractivity contribution in [3.8, 4) is 0 Å². The molecule has 0 unspecified atom stereocenters. The molecule has 1 heterocycles. The first kappa shape index (κ1) is 16.7. The molecule has 3 N–H and O–H groups in total. The lowest BCUT2D eigenvalue weighted by atomic mass is 9.90. The van der Waals surface area contributed by atoms with Crippen LogP contribution in [0, 0.1) is 0 Å². The molecule has 1 aliphatic rings. The summed E-state index contributed by atoms with van der Waals surface area (Å²) in [6.07, 6.45) is 6.47. The van der Waals surface area contributed by atoms with E-state index in [-0.39, 0.29) is 24.0 Å². The maximum absolute atomic E-state index is 5.99. The van der Waals surface area contributed by atoms with Gasteiger partial charge < -0.3 is 11.1 Å². The summed E-state index contributed by atoms with van der Waals surface area (Å²) in [6.45, 7) is 0.470. The molecule has 1 aromatic heterocycles. The standard InChI is InChI=1S/C15H20N6.HI/c1-21-12(10-18-20-21)9-17-15(16)19-14-8-4-6-11-5-2-3-7-13(11)14;/h4,6,8,10H,2-3,5,7,9H2,1H3,(H3,16,17,19);1H. The molecule has 0 fully saturated rings. The van der Waals surface area contributed by atoms with Gasteiger partial charge in [-0.2, -0.15) is 0 Å². The fourth-order valence-electron chi connectivity index (χ4n) is 2.70. The molecule has 0 aliphatic heterocycles. The van der Waals surface area contributed by atoms with Crippen molar-refractivity contribution >= 4 is 35.6 Å². The predicted molar refractivity (Wildman–Crippen MR) is 98.5 cm³/mol. The van der Waals surface area contributed by atoms with Crippen LogP contribution in [0.15, 0.2) is 29.4 Å². The monoisotopic (exact) mass is 412 g/mol. The molecule has 1 aromatic carbocycles. The molecule has 6 nitrogen and oxygen atoms in total. The van der Waals surface area contributed by atoms with Crippen LogP contribution in [0.1, 0.15) is 29.7 Å². The molecule has 3 rings (SSSR count). The van der Waals surface area contributed by atoms with E-state index in [0.717, 1.165) is 24.2 Å². The van der Waals surface area contributed by atoms with Gasteiger partial charge in [0, 0.05) is 12.7 Å². The quantitative estimate of drug-likeness (QED) is 0.461. The minimum atomic E-state index is 0. The van der Waals surface area contributed by atoms with Crippen LogP contribution in [0.5, 0.6) is 0 Å². The molecule has 0 spiro atoms. The molecule has 0 saturated heterocycles. The number of hydrogen-bond acceptors (Lipinski definition) is 3. The van der Waals surface area contributed by atoms with Gasteiger partial charge in [0.1, 0.15) is 0 Å². The third-order valence-electron chi connectivity index (χ3n) is 3.88. The Morgan fingerprint density at radius 2 is 2.18 bits per heavy atom. The number of fused-ring (bicyclic) bond motifs is 1. The number of anilines is 1. The van der Waals surface area contributed by atoms with Crippen LogP contribution in [0.2, 0.25) is 0 Å². The molecule has 0 atom stereocenters. The predicted octanol–water partition coefficient (Wildman–Crippen LogP) is 2.24. The summed E-state index contributed by atoms with van der Waals surface area (Å²) in [4.78, 5) is 4.35. The van der Waals surface area contributed by atoms with Gasteiger partial charge in [0.15, 0.2) is 5.96 Å². The molecule has 0 radical (unpaired) electrons. The number of guanidine groups is 1. The summed E-state index contributed by atoms with van der Waals surface area (Å²) < 4.78 is 1.70. The highest BCUT2D eigenvalue weighted by atomic mass is 127. The van der Waals surface area contributed by atoms with Crippen molar-refractivity contribution in [1.29, 1.82) is 0 Å². The van der Waals surface area contributed by atoms with Crippen molar-refractivity contribution < 1.29 is 0 Å². The third-order valence-corrected chi connectivity index (χ3v) is 3.88. The van der Waals surface area contributed by atoms with Crippen LogP contribution < -0.4 is 11.1 Å². The van der Waals surface area contributed by atoms with Gasteiger partial charge in [0.25, 0.3) is 0 Å². The number of nitrogens with one attached hydrogen (secondary N) is 1. The van der Waals surface area contributed by atoms with E-state index < -0.39 is 0 Å². The number of aryl methyl sites for hydroxylation is 2. The van der Waals surface area contributed by atoms with Crippen molar-refractivity contribution in [2.75, 3.05) is 5.32 Å². The minimum Gasteiger partial charge on any atom is -0.370 e. The summed E-state index contributed by atoms with van der Waals surface area (Å²) in [7, 11) is 1.84. The van der Waals surface area contributed by atoms with Crippen LogP contribution in [0.3, 0.4) is 0 Å². The summed E-state index contributed by atoms with van der Waals surface area (Å²) in [5.74, 6) is 0.426. The maximum Gasteiger partial charge on any atom is 0.193 e. The summed E-state index contributed by atoms with van der Waals surface area (Å²) in [6, 6.07) is 6.34. The van der Waals surface area contributed by atoms with Crippen LogP contribution in [-0.2, 0) is 26.4 Å². The highest BCUT2D eigenvalue weighted by Gasteiger charge is 2.13. The average Bonchev–Trinajstić information content (AvgIpc) is 2.91. The molecular formula is C15H21IN6. The van der Waals surface area contributed by atoms with Gasteiger partial charge in [0.05, 0.1) is 18.4 Å². The van der Waals surface area contributed by atoms with Crippen LogP contribution in [0.4, 0.5) is 5.69 Å². The number of hydrogen-bond donors (Lipinski definition) is 2. The number of aliphatic imine (C=N–C) groups is 1. The molecule has 0 saturated carbocycles. The van der Waals surface area contributed by atoms with E-state index in [9.17, 15) is 0 Å². The van der Waals surface area contributed by atoms with E-state index in [2.05, 4.69) is 38.8 Å². The number of nitrogens with zero attached hydrogens (tertiary/aromatic N) is 4. The molecule has 0 amide bonds. The molecular weight excluding hydrogens is 391 g/mol. The van der Waals surface area contributed by atoms with Crippen molar-refractivity contribution in [1.82, 2.24) is 15.0 Å². The Morgan fingerprint density at radius 3 is 2.95 bits per heavy atom. The largest absolute Gasteiger partial charge is 0.370 e. The second-order valence-electron chi connectivity index (χ2n) is 5.33. The average molecular weight is 412 g/mol. The first-order valence-corrected chi connectivity index (χ1v) is 7.25. The number of rotatable bonds is 3. The van der Waals surface area contributed by atoms with Crippen molar-refractivity contribution in [2.24, 2.45) is 17.8 Å². The molecule has 1 aliphatic carbocycles. The molecule has 118 valence electrons. The number of halogens is 1. The van der Waals surface area contributed by atoms with Gasteiger partial charge in [-0.15, -0.1) is 29.1 Å². The normalized spacial score (nSPS) is 14.1. The fraction of sp³-hybridized carbons (Fsp3) is 0.400. The fourth-order valence-corrected chi connectivity index (χ4v) is 2.70. The van der Waals surface area contributed by atoms with E-state index in [0.29, 0.717) is 12.5 Å². The molecule has 2 aromatic rings. The Morgan fingerprint density at radius 1 is 1.36 bits per heavy atom. The Kier molecular flexibility index (Phi) is 5.76. The van der Waals surface area contributed by atoms with Crippen LogP contribution >= 0.6 is 24.0 Å². The van der Waals surface area contributed by atoms with E-state index >= 15 is 0 Å².